The molecular formula is C10H20ClN. The van der Waals surface area contributed by atoms with Crippen LogP contribution in [0.1, 0.15) is 26.7 Å². The standard InChI is InChI=1S/C10H19N.ClH/c1-5-7-9(3)11-10(4)8-6-2;/h5-6,9-11H,1-2,7-8H2,3-4H3;1H. The van der Waals surface area contributed by atoms with Gasteiger partial charge in [0.15, 0.2) is 0 Å². The first-order valence-corrected chi connectivity index (χ1v) is 4.18. The summed E-state index contributed by atoms with van der Waals surface area (Å²) in [5, 5.41) is 3.44. The van der Waals surface area contributed by atoms with Crippen LogP contribution in [0.15, 0.2) is 25.3 Å². The number of hydrogen-bond acceptors (Lipinski definition) is 1. The highest BCUT2D eigenvalue weighted by Gasteiger charge is 2.02. The van der Waals surface area contributed by atoms with Gasteiger partial charge in [-0.15, -0.1) is 25.6 Å². The van der Waals surface area contributed by atoms with Crippen molar-refractivity contribution in [3.63, 3.8) is 0 Å². The van der Waals surface area contributed by atoms with E-state index in [1.807, 2.05) is 12.2 Å². The van der Waals surface area contributed by atoms with E-state index in [1.54, 1.807) is 0 Å². The molecule has 0 spiro atoms. The summed E-state index contributed by atoms with van der Waals surface area (Å²) in [6.07, 6.45) is 5.94. The molecule has 0 aromatic heterocycles. The van der Waals surface area contributed by atoms with Gasteiger partial charge in [0, 0.05) is 12.1 Å². The summed E-state index contributed by atoms with van der Waals surface area (Å²) in [5.74, 6) is 0. The second kappa shape index (κ2) is 8.82. The Morgan fingerprint density at radius 3 is 1.67 bits per heavy atom. The Labute approximate surface area is 82.3 Å². The van der Waals surface area contributed by atoms with Crippen molar-refractivity contribution in [2.24, 2.45) is 0 Å². The van der Waals surface area contributed by atoms with Crippen LogP contribution < -0.4 is 5.32 Å². The average Bonchev–Trinajstić information content (AvgIpc) is 1.87. The monoisotopic (exact) mass is 189 g/mol. The van der Waals surface area contributed by atoms with E-state index in [0.29, 0.717) is 12.1 Å². The van der Waals surface area contributed by atoms with Crippen LogP contribution in [0, 0.1) is 0 Å². The predicted octanol–water partition coefficient (Wildman–Crippen LogP) is 2.93. The summed E-state index contributed by atoms with van der Waals surface area (Å²) < 4.78 is 0. The van der Waals surface area contributed by atoms with E-state index in [0.717, 1.165) is 12.8 Å². The van der Waals surface area contributed by atoms with Crippen LogP contribution >= 0.6 is 12.4 Å². The van der Waals surface area contributed by atoms with Gasteiger partial charge in [0.1, 0.15) is 0 Å². The van der Waals surface area contributed by atoms with Crippen molar-refractivity contribution in [2.45, 2.75) is 38.8 Å². The zero-order valence-electron chi connectivity index (χ0n) is 8.05. The Morgan fingerprint density at radius 1 is 1.08 bits per heavy atom. The molecule has 0 aliphatic rings. The Kier molecular flexibility index (Phi) is 10.5. The van der Waals surface area contributed by atoms with Crippen LogP contribution in [-0.2, 0) is 0 Å². The van der Waals surface area contributed by atoms with Crippen molar-refractivity contribution >= 4 is 12.4 Å². The maximum Gasteiger partial charge on any atom is 0.00757 e. The second-order valence-corrected chi connectivity index (χ2v) is 3.02. The van der Waals surface area contributed by atoms with E-state index in [2.05, 4.69) is 32.3 Å². The smallest absolute Gasteiger partial charge is 0.00757 e. The summed E-state index contributed by atoms with van der Waals surface area (Å²) in [5.41, 5.74) is 0. The maximum absolute atomic E-state index is 3.69. The van der Waals surface area contributed by atoms with Crippen LogP contribution in [0.5, 0.6) is 0 Å². The molecule has 0 radical (unpaired) electrons. The molecule has 2 unspecified atom stereocenters. The minimum absolute atomic E-state index is 0. The third-order valence-electron chi connectivity index (χ3n) is 1.61. The van der Waals surface area contributed by atoms with Crippen LogP contribution in [-0.4, -0.2) is 12.1 Å². The summed E-state index contributed by atoms with van der Waals surface area (Å²) in [6, 6.07) is 1.06. The average molecular weight is 190 g/mol. The summed E-state index contributed by atoms with van der Waals surface area (Å²) >= 11 is 0. The van der Waals surface area contributed by atoms with Crippen LogP contribution in [0.2, 0.25) is 0 Å². The van der Waals surface area contributed by atoms with E-state index in [9.17, 15) is 0 Å². The van der Waals surface area contributed by atoms with Gasteiger partial charge in [0.05, 0.1) is 0 Å². The van der Waals surface area contributed by atoms with Gasteiger partial charge in [-0.2, -0.15) is 0 Å². The van der Waals surface area contributed by atoms with Gasteiger partial charge in [-0.05, 0) is 26.7 Å². The molecule has 0 aliphatic heterocycles. The SMILES string of the molecule is C=CCC(C)NC(C)CC=C.Cl. The molecule has 0 bridgehead atoms. The molecule has 72 valence electrons. The van der Waals surface area contributed by atoms with Crippen LogP contribution in [0.3, 0.4) is 0 Å². The molecule has 0 amide bonds. The molecule has 2 heteroatoms. The van der Waals surface area contributed by atoms with E-state index >= 15 is 0 Å². The fourth-order valence-electron chi connectivity index (χ4n) is 1.12. The molecule has 0 aliphatic carbocycles. The van der Waals surface area contributed by atoms with Gasteiger partial charge < -0.3 is 5.32 Å². The molecule has 0 saturated carbocycles. The quantitative estimate of drug-likeness (QED) is 0.634. The zero-order valence-corrected chi connectivity index (χ0v) is 8.86. The number of hydrogen-bond donors (Lipinski definition) is 1. The Balaban J connectivity index is 0. The largest absolute Gasteiger partial charge is 0.311 e. The molecule has 0 saturated heterocycles. The number of rotatable bonds is 6. The molecule has 12 heavy (non-hydrogen) atoms. The van der Waals surface area contributed by atoms with Crippen molar-refractivity contribution < 1.29 is 0 Å². The lowest BCUT2D eigenvalue weighted by Crippen LogP contribution is -2.33. The Bertz CT molecular complexity index is 109. The molecule has 2 atom stereocenters. The highest BCUT2D eigenvalue weighted by atomic mass is 35.5. The Morgan fingerprint density at radius 2 is 1.42 bits per heavy atom. The molecular weight excluding hydrogens is 170 g/mol. The fourth-order valence-corrected chi connectivity index (χ4v) is 1.12. The second-order valence-electron chi connectivity index (χ2n) is 3.02. The molecule has 0 rings (SSSR count). The molecule has 0 fully saturated rings. The lowest BCUT2D eigenvalue weighted by Gasteiger charge is -2.17. The third kappa shape index (κ3) is 7.83. The first kappa shape index (κ1) is 14.3. The molecule has 1 N–H and O–H groups in total. The summed E-state index contributed by atoms with van der Waals surface area (Å²) in [6.45, 7) is 11.7. The summed E-state index contributed by atoms with van der Waals surface area (Å²) in [7, 11) is 0. The van der Waals surface area contributed by atoms with E-state index < -0.39 is 0 Å². The van der Waals surface area contributed by atoms with Gasteiger partial charge in [-0.3, -0.25) is 0 Å². The third-order valence-corrected chi connectivity index (χ3v) is 1.61. The molecule has 0 aromatic carbocycles. The van der Waals surface area contributed by atoms with E-state index in [-0.39, 0.29) is 12.4 Å². The van der Waals surface area contributed by atoms with Crippen molar-refractivity contribution in [1.82, 2.24) is 5.32 Å². The van der Waals surface area contributed by atoms with Crippen LogP contribution in [0.4, 0.5) is 0 Å². The van der Waals surface area contributed by atoms with E-state index in [4.69, 9.17) is 0 Å². The highest BCUT2D eigenvalue weighted by molar-refractivity contribution is 5.85. The van der Waals surface area contributed by atoms with Crippen LogP contribution in [0.25, 0.3) is 0 Å². The van der Waals surface area contributed by atoms with Gasteiger partial charge in [0.25, 0.3) is 0 Å². The number of halogens is 1. The van der Waals surface area contributed by atoms with Gasteiger partial charge in [-0.25, -0.2) is 0 Å². The van der Waals surface area contributed by atoms with Crippen molar-refractivity contribution in [2.75, 3.05) is 0 Å². The molecule has 0 aromatic rings. The van der Waals surface area contributed by atoms with Gasteiger partial charge >= 0.3 is 0 Å². The first-order valence-electron chi connectivity index (χ1n) is 4.18. The highest BCUT2D eigenvalue weighted by Crippen LogP contribution is 1.96. The number of nitrogens with one attached hydrogen (secondary N) is 1. The minimum Gasteiger partial charge on any atom is -0.311 e. The first-order chi connectivity index (χ1) is 5.20. The Hall–Kier alpha value is -0.270. The van der Waals surface area contributed by atoms with Gasteiger partial charge in [0.2, 0.25) is 0 Å². The normalized spacial score (nSPS) is 14.2. The zero-order chi connectivity index (χ0) is 8.69. The maximum atomic E-state index is 3.69. The van der Waals surface area contributed by atoms with Crippen molar-refractivity contribution in [3.8, 4) is 0 Å². The molecule has 0 heterocycles. The lowest BCUT2D eigenvalue weighted by molar-refractivity contribution is 0.472. The van der Waals surface area contributed by atoms with E-state index in [1.165, 1.54) is 0 Å². The lowest BCUT2D eigenvalue weighted by atomic mass is 10.1. The van der Waals surface area contributed by atoms with Crippen molar-refractivity contribution in [3.05, 3.63) is 25.3 Å². The predicted molar refractivity (Wildman–Crippen MR) is 58.9 cm³/mol. The summed E-state index contributed by atoms with van der Waals surface area (Å²) in [4.78, 5) is 0. The van der Waals surface area contributed by atoms with Gasteiger partial charge in [-0.1, -0.05) is 12.2 Å². The fraction of sp³-hybridized carbons (Fsp3) is 0.600. The topological polar surface area (TPSA) is 12.0 Å². The van der Waals surface area contributed by atoms with Crippen molar-refractivity contribution in [1.29, 1.82) is 0 Å². The molecule has 1 nitrogen and oxygen atoms in total. The minimum atomic E-state index is 0.